The van der Waals surface area contributed by atoms with E-state index < -0.39 is 5.82 Å². The molecule has 0 amide bonds. The fraction of sp³-hybridized carbons (Fsp3) is 0.267. The van der Waals surface area contributed by atoms with E-state index >= 15 is 0 Å². The third kappa shape index (κ3) is 3.09. The third-order valence-electron chi connectivity index (χ3n) is 2.92. The van der Waals surface area contributed by atoms with Crippen molar-refractivity contribution in [3.63, 3.8) is 0 Å². The smallest absolute Gasteiger partial charge is 0.256 e. The van der Waals surface area contributed by atoms with Crippen LogP contribution in [0.25, 0.3) is 0 Å². The molecule has 0 saturated heterocycles. The summed E-state index contributed by atoms with van der Waals surface area (Å²) in [5.74, 6) is 0.465. The number of nitrogens with two attached hydrogens (primary N) is 1. The van der Waals surface area contributed by atoms with Gasteiger partial charge in [-0.15, -0.1) is 0 Å². The lowest BCUT2D eigenvalue weighted by Crippen LogP contribution is -2.02. The molecule has 0 radical (unpaired) electrons. The summed E-state index contributed by atoms with van der Waals surface area (Å²) in [7, 11) is 0. The molecule has 0 aliphatic carbocycles. The second kappa shape index (κ2) is 5.80. The molecule has 0 aliphatic heterocycles. The lowest BCUT2D eigenvalue weighted by Gasteiger charge is -2.09. The van der Waals surface area contributed by atoms with Crippen LogP contribution < -0.4 is 10.5 Å². The second-order valence-corrected chi connectivity index (χ2v) is 4.62. The van der Waals surface area contributed by atoms with Gasteiger partial charge >= 0.3 is 0 Å². The standard InChI is InChI=1S/C15H17FN2O/c1-10(2)11-3-5-13(6-4-11)19-15-14(16)12(9-17)7-8-18-15/h3-8,10H,9,17H2,1-2H3. The van der Waals surface area contributed by atoms with Crippen molar-refractivity contribution < 1.29 is 9.13 Å². The monoisotopic (exact) mass is 260 g/mol. The molecule has 0 aliphatic rings. The SMILES string of the molecule is CC(C)c1ccc(Oc2nccc(CN)c2F)cc1. The number of halogens is 1. The van der Waals surface area contributed by atoms with Crippen LogP contribution in [0.5, 0.6) is 11.6 Å². The highest BCUT2D eigenvalue weighted by Gasteiger charge is 2.10. The molecule has 1 aromatic heterocycles. The Morgan fingerprint density at radius 2 is 1.89 bits per heavy atom. The normalized spacial score (nSPS) is 10.8. The first-order valence-electron chi connectivity index (χ1n) is 6.23. The maximum absolute atomic E-state index is 13.9. The van der Waals surface area contributed by atoms with Gasteiger partial charge in [-0.1, -0.05) is 26.0 Å². The van der Waals surface area contributed by atoms with Gasteiger partial charge in [0.15, 0.2) is 5.82 Å². The highest BCUT2D eigenvalue weighted by atomic mass is 19.1. The van der Waals surface area contributed by atoms with Crippen LogP contribution in [-0.2, 0) is 6.54 Å². The van der Waals surface area contributed by atoms with Crippen molar-refractivity contribution in [3.05, 3.63) is 53.5 Å². The molecule has 1 aromatic carbocycles. The van der Waals surface area contributed by atoms with Crippen molar-refractivity contribution >= 4 is 0 Å². The fourth-order valence-corrected chi connectivity index (χ4v) is 1.72. The molecule has 0 bridgehead atoms. The number of benzene rings is 1. The number of hydrogen-bond donors (Lipinski definition) is 1. The molecule has 19 heavy (non-hydrogen) atoms. The van der Waals surface area contributed by atoms with E-state index in [2.05, 4.69) is 18.8 Å². The van der Waals surface area contributed by atoms with E-state index in [1.807, 2.05) is 24.3 Å². The molecule has 100 valence electrons. The molecular formula is C15H17FN2O. The average molecular weight is 260 g/mol. The van der Waals surface area contributed by atoms with Gasteiger partial charge in [0.25, 0.3) is 5.88 Å². The summed E-state index contributed by atoms with van der Waals surface area (Å²) in [5, 5.41) is 0. The Balaban J connectivity index is 2.21. The van der Waals surface area contributed by atoms with Crippen LogP contribution >= 0.6 is 0 Å². The van der Waals surface area contributed by atoms with Gasteiger partial charge < -0.3 is 10.5 Å². The molecule has 4 heteroatoms. The Kier molecular flexibility index (Phi) is 4.12. The summed E-state index contributed by atoms with van der Waals surface area (Å²) in [4.78, 5) is 3.89. The molecular weight excluding hydrogens is 243 g/mol. The minimum atomic E-state index is -0.502. The first kappa shape index (κ1) is 13.5. The Bertz CT molecular complexity index is 553. The van der Waals surface area contributed by atoms with Crippen molar-refractivity contribution in [2.45, 2.75) is 26.3 Å². The van der Waals surface area contributed by atoms with Crippen LogP contribution in [0.1, 0.15) is 30.9 Å². The summed E-state index contributed by atoms with van der Waals surface area (Å²) in [6.07, 6.45) is 1.49. The van der Waals surface area contributed by atoms with Crippen LogP contribution in [0, 0.1) is 5.82 Å². The van der Waals surface area contributed by atoms with E-state index in [1.54, 1.807) is 6.07 Å². The van der Waals surface area contributed by atoms with Gasteiger partial charge in [0.1, 0.15) is 5.75 Å². The van der Waals surface area contributed by atoms with Gasteiger partial charge in [-0.25, -0.2) is 9.37 Å². The zero-order chi connectivity index (χ0) is 13.8. The summed E-state index contributed by atoms with van der Waals surface area (Å²) in [6, 6.07) is 9.09. The Labute approximate surface area is 112 Å². The molecule has 2 aromatic rings. The maximum atomic E-state index is 13.9. The topological polar surface area (TPSA) is 48.1 Å². The number of aromatic nitrogens is 1. The zero-order valence-corrected chi connectivity index (χ0v) is 11.1. The highest BCUT2D eigenvalue weighted by Crippen LogP contribution is 2.25. The molecule has 0 unspecified atom stereocenters. The zero-order valence-electron chi connectivity index (χ0n) is 11.1. The first-order valence-corrected chi connectivity index (χ1v) is 6.23. The van der Waals surface area contributed by atoms with Gasteiger partial charge in [-0.05, 0) is 29.7 Å². The van der Waals surface area contributed by atoms with Gasteiger partial charge in [-0.2, -0.15) is 0 Å². The number of hydrogen-bond acceptors (Lipinski definition) is 3. The largest absolute Gasteiger partial charge is 0.436 e. The summed E-state index contributed by atoms with van der Waals surface area (Å²) < 4.78 is 19.3. The maximum Gasteiger partial charge on any atom is 0.256 e. The van der Waals surface area contributed by atoms with Gasteiger partial charge in [0.2, 0.25) is 0 Å². The number of pyridine rings is 1. The van der Waals surface area contributed by atoms with Crippen molar-refractivity contribution in [2.75, 3.05) is 0 Å². The predicted octanol–water partition coefficient (Wildman–Crippen LogP) is 3.60. The van der Waals surface area contributed by atoms with Crippen molar-refractivity contribution in [1.29, 1.82) is 0 Å². The van der Waals surface area contributed by atoms with E-state index in [4.69, 9.17) is 10.5 Å². The molecule has 0 spiro atoms. The van der Waals surface area contributed by atoms with E-state index in [9.17, 15) is 4.39 Å². The van der Waals surface area contributed by atoms with Crippen molar-refractivity contribution in [2.24, 2.45) is 5.73 Å². The van der Waals surface area contributed by atoms with Crippen molar-refractivity contribution in [1.82, 2.24) is 4.98 Å². The summed E-state index contributed by atoms with van der Waals surface area (Å²) in [5.41, 5.74) is 7.04. The van der Waals surface area contributed by atoms with Crippen LogP contribution in [0.4, 0.5) is 4.39 Å². The molecule has 0 fully saturated rings. The van der Waals surface area contributed by atoms with Crippen LogP contribution in [0.15, 0.2) is 36.5 Å². The van der Waals surface area contributed by atoms with E-state index in [1.165, 1.54) is 11.8 Å². The average Bonchev–Trinajstić information content (AvgIpc) is 2.42. The molecule has 0 saturated carbocycles. The van der Waals surface area contributed by atoms with E-state index in [-0.39, 0.29) is 12.4 Å². The van der Waals surface area contributed by atoms with Crippen LogP contribution in [0.3, 0.4) is 0 Å². The lowest BCUT2D eigenvalue weighted by molar-refractivity contribution is 0.419. The minimum absolute atomic E-state index is 0.0414. The first-order chi connectivity index (χ1) is 9.11. The number of ether oxygens (including phenoxy) is 1. The third-order valence-corrected chi connectivity index (χ3v) is 2.92. The number of rotatable bonds is 4. The molecule has 0 atom stereocenters. The highest BCUT2D eigenvalue weighted by molar-refractivity contribution is 5.33. The Morgan fingerprint density at radius 3 is 2.47 bits per heavy atom. The molecule has 3 nitrogen and oxygen atoms in total. The molecule has 2 rings (SSSR count). The van der Waals surface area contributed by atoms with Gasteiger partial charge in [0, 0.05) is 18.3 Å². The Morgan fingerprint density at radius 1 is 1.21 bits per heavy atom. The van der Waals surface area contributed by atoms with Crippen LogP contribution in [-0.4, -0.2) is 4.98 Å². The van der Waals surface area contributed by atoms with Gasteiger partial charge in [-0.3, -0.25) is 0 Å². The van der Waals surface area contributed by atoms with E-state index in [0.717, 1.165) is 0 Å². The minimum Gasteiger partial charge on any atom is -0.436 e. The quantitative estimate of drug-likeness (QED) is 0.913. The number of nitrogens with zero attached hydrogens (tertiary/aromatic N) is 1. The summed E-state index contributed by atoms with van der Waals surface area (Å²) in [6.45, 7) is 4.35. The fourth-order valence-electron chi connectivity index (χ4n) is 1.72. The summed E-state index contributed by atoms with van der Waals surface area (Å²) >= 11 is 0. The molecule has 2 N–H and O–H groups in total. The van der Waals surface area contributed by atoms with Crippen LogP contribution in [0.2, 0.25) is 0 Å². The van der Waals surface area contributed by atoms with Crippen molar-refractivity contribution in [3.8, 4) is 11.6 Å². The predicted molar refractivity (Wildman–Crippen MR) is 72.7 cm³/mol. The van der Waals surface area contributed by atoms with Gasteiger partial charge in [0.05, 0.1) is 0 Å². The Hall–Kier alpha value is -1.94. The van der Waals surface area contributed by atoms with E-state index in [0.29, 0.717) is 17.2 Å². The molecule has 1 heterocycles. The lowest BCUT2D eigenvalue weighted by atomic mass is 10.0. The second-order valence-electron chi connectivity index (χ2n) is 4.62.